The molecule has 2 atom stereocenters. The van der Waals surface area contributed by atoms with Gasteiger partial charge in [0.25, 0.3) is 0 Å². The van der Waals surface area contributed by atoms with Crippen LogP contribution in [0.25, 0.3) is 15.7 Å². The highest BCUT2D eigenvalue weighted by molar-refractivity contribution is 7.19. The van der Waals surface area contributed by atoms with E-state index in [1.165, 1.54) is 11.3 Å². The first-order valence-electron chi connectivity index (χ1n) is 7.85. The second-order valence-electron chi connectivity index (χ2n) is 6.28. The number of aromatic nitrogens is 5. The van der Waals surface area contributed by atoms with Gasteiger partial charge in [0.15, 0.2) is 10.8 Å². The molecule has 0 amide bonds. The third kappa shape index (κ3) is 2.85. The van der Waals surface area contributed by atoms with E-state index < -0.39 is 0 Å². The highest BCUT2D eigenvalue weighted by Gasteiger charge is 2.30. The Morgan fingerprint density at radius 1 is 1.30 bits per heavy atom. The number of rotatable bonds is 4. The van der Waals surface area contributed by atoms with Crippen molar-refractivity contribution in [2.75, 3.05) is 0 Å². The second kappa shape index (κ2) is 5.95. The molecule has 2 N–H and O–H groups in total. The Labute approximate surface area is 138 Å². The van der Waals surface area contributed by atoms with Gasteiger partial charge in [-0.1, -0.05) is 31.3 Å². The summed E-state index contributed by atoms with van der Waals surface area (Å²) in [5, 5.41) is 14.1. The van der Waals surface area contributed by atoms with Crippen LogP contribution in [0.2, 0.25) is 0 Å². The van der Waals surface area contributed by atoms with Crippen LogP contribution in [0.4, 0.5) is 0 Å². The van der Waals surface area contributed by atoms with Gasteiger partial charge in [-0.2, -0.15) is 9.61 Å². The van der Waals surface area contributed by atoms with E-state index in [0.717, 1.165) is 34.3 Å². The Hall–Kier alpha value is -1.90. The second-order valence-corrected chi connectivity index (χ2v) is 7.23. The molecule has 2 unspecified atom stereocenters. The molecule has 120 valence electrons. The first-order valence-corrected chi connectivity index (χ1v) is 8.67. The molecule has 4 rings (SSSR count). The van der Waals surface area contributed by atoms with E-state index in [9.17, 15) is 0 Å². The summed E-state index contributed by atoms with van der Waals surface area (Å²) in [5.74, 6) is 1.53. The number of hydrogen-bond donors (Lipinski definition) is 2. The van der Waals surface area contributed by atoms with Gasteiger partial charge >= 0.3 is 0 Å². The first kappa shape index (κ1) is 14.7. The minimum absolute atomic E-state index is 0.132. The average molecular weight is 329 g/mol. The number of nitrogens with one attached hydrogen (secondary N) is 2. The molecule has 4 heterocycles. The maximum atomic E-state index is 4.65. The van der Waals surface area contributed by atoms with Crippen molar-refractivity contribution in [1.82, 2.24) is 35.6 Å². The highest BCUT2D eigenvalue weighted by atomic mass is 32.1. The van der Waals surface area contributed by atoms with Crippen molar-refractivity contribution in [2.45, 2.75) is 38.8 Å². The van der Waals surface area contributed by atoms with Gasteiger partial charge in [-0.25, -0.2) is 5.43 Å². The van der Waals surface area contributed by atoms with Crippen LogP contribution in [0.3, 0.4) is 0 Å². The Balaban J connectivity index is 1.61. The zero-order valence-corrected chi connectivity index (χ0v) is 13.9. The van der Waals surface area contributed by atoms with E-state index >= 15 is 0 Å². The Bertz CT molecular complexity index is 795. The summed E-state index contributed by atoms with van der Waals surface area (Å²) in [6.07, 6.45) is 3.91. The van der Waals surface area contributed by atoms with Crippen molar-refractivity contribution >= 4 is 16.3 Å². The van der Waals surface area contributed by atoms with E-state index in [1.54, 1.807) is 6.20 Å². The van der Waals surface area contributed by atoms with Crippen molar-refractivity contribution in [1.29, 1.82) is 0 Å². The van der Waals surface area contributed by atoms with Crippen LogP contribution in [0.15, 0.2) is 24.4 Å². The number of pyridine rings is 1. The Kier molecular flexibility index (Phi) is 3.80. The molecule has 0 aliphatic carbocycles. The largest absolute Gasteiger partial charge is 0.254 e. The van der Waals surface area contributed by atoms with E-state index in [-0.39, 0.29) is 6.04 Å². The number of hydrogen-bond acceptors (Lipinski definition) is 7. The van der Waals surface area contributed by atoms with Crippen LogP contribution < -0.4 is 10.9 Å². The molecule has 23 heavy (non-hydrogen) atoms. The van der Waals surface area contributed by atoms with Crippen LogP contribution in [0.1, 0.15) is 38.6 Å². The average Bonchev–Trinajstić information content (AvgIpc) is 3.22. The van der Waals surface area contributed by atoms with Gasteiger partial charge in [0.1, 0.15) is 5.69 Å². The molecule has 0 spiro atoms. The molecule has 1 saturated heterocycles. The molecule has 1 aliphatic heterocycles. The number of fused-ring (bicyclic) bond motifs is 1. The molecule has 0 saturated carbocycles. The summed E-state index contributed by atoms with van der Waals surface area (Å²) in [4.78, 5) is 5.15. The minimum Gasteiger partial charge on any atom is -0.254 e. The minimum atomic E-state index is 0.132. The van der Waals surface area contributed by atoms with Gasteiger partial charge in [0.05, 0.1) is 6.04 Å². The molecule has 3 aromatic rings. The van der Waals surface area contributed by atoms with Crippen LogP contribution in [0, 0.1) is 5.92 Å². The lowest BCUT2D eigenvalue weighted by Gasteiger charge is -2.11. The SMILES string of the molecule is CC(C)CC1CC(c2nnc3sc(-c4ccccn4)nn23)NN1. The van der Waals surface area contributed by atoms with Crippen molar-refractivity contribution in [3.63, 3.8) is 0 Å². The third-order valence-electron chi connectivity index (χ3n) is 3.95. The summed E-state index contributed by atoms with van der Waals surface area (Å²) >= 11 is 1.51. The van der Waals surface area contributed by atoms with Crippen LogP contribution in [-0.4, -0.2) is 30.8 Å². The molecule has 0 radical (unpaired) electrons. The fourth-order valence-electron chi connectivity index (χ4n) is 2.96. The van der Waals surface area contributed by atoms with Gasteiger partial charge in [0.2, 0.25) is 4.96 Å². The van der Waals surface area contributed by atoms with E-state index in [0.29, 0.717) is 12.0 Å². The number of hydrazine groups is 1. The summed E-state index contributed by atoms with van der Waals surface area (Å²) in [6.45, 7) is 4.48. The van der Waals surface area contributed by atoms with Crippen LogP contribution >= 0.6 is 11.3 Å². The molecular formula is C15H19N7S. The molecule has 0 aromatic carbocycles. The molecule has 1 aliphatic rings. The molecule has 7 nitrogen and oxygen atoms in total. The third-order valence-corrected chi connectivity index (χ3v) is 4.87. The fraction of sp³-hybridized carbons (Fsp3) is 0.467. The zero-order chi connectivity index (χ0) is 15.8. The van der Waals surface area contributed by atoms with Crippen LogP contribution in [-0.2, 0) is 0 Å². The Morgan fingerprint density at radius 3 is 3.00 bits per heavy atom. The van der Waals surface area contributed by atoms with E-state index in [2.05, 4.69) is 45.0 Å². The van der Waals surface area contributed by atoms with Crippen LogP contribution in [0.5, 0.6) is 0 Å². The van der Waals surface area contributed by atoms with Crippen molar-refractivity contribution in [3.8, 4) is 10.7 Å². The maximum absolute atomic E-state index is 4.65. The van der Waals surface area contributed by atoms with Gasteiger partial charge in [0, 0.05) is 12.2 Å². The smallest absolute Gasteiger partial charge is 0.235 e. The lowest BCUT2D eigenvalue weighted by atomic mass is 10.00. The lowest BCUT2D eigenvalue weighted by molar-refractivity contribution is 0.446. The zero-order valence-electron chi connectivity index (χ0n) is 13.1. The predicted octanol–water partition coefficient (Wildman–Crippen LogP) is 2.20. The standard InChI is InChI=1S/C15H19N7S/c1-9(2)7-10-8-12(18-17-10)13-19-20-15-22(13)21-14(23-15)11-5-3-4-6-16-11/h3-6,9-10,12,17-18H,7-8H2,1-2H3. The topological polar surface area (TPSA) is 80.0 Å². The first-order chi connectivity index (χ1) is 11.2. The van der Waals surface area contributed by atoms with E-state index in [4.69, 9.17) is 0 Å². The normalized spacial score (nSPS) is 21.5. The number of nitrogens with zero attached hydrogens (tertiary/aromatic N) is 5. The summed E-state index contributed by atoms with van der Waals surface area (Å²) in [5.41, 5.74) is 7.56. The predicted molar refractivity (Wildman–Crippen MR) is 88.8 cm³/mol. The van der Waals surface area contributed by atoms with Crippen molar-refractivity contribution in [2.24, 2.45) is 5.92 Å². The summed E-state index contributed by atoms with van der Waals surface area (Å²) < 4.78 is 1.84. The molecule has 3 aromatic heterocycles. The molecular weight excluding hydrogens is 310 g/mol. The highest BCUT2D eigenvalue weighted by Crippen LogP contribution is 2.28. The lowest BCUT2D eigenvalue weighted by Crippen LogP contribution is -2.32. The van der Waals surface area contributed by atoms with Gasteiger partial charge in [-0.3, -0.25) is 10.4 Å². The summed E-state index contributed by atoms with van der Waals surface area (Å²) in [6, 6.07) is 6.41. The maximum Gasteiger partial charge on any atom is 0.235 e. The molecule has 1 fully saturated rings. The van der Waals surface area contributed by atoms with E-state index in [1.807, 2.05) is 22.7 Å². The Morgan fingerprint density at radius 2 is 2.22 bits per heavy atom. The monoisotopic (exact) mass is 329 g/mol. The van der Waals surface area contributed by atoms with Gasteiger partial charge < -0.3 is 0 Å². The molecule has 0 bridgehead atoms. The fourth-order valence-corrected chi connectivity index (χ4v) is 3.78. The van der Waals surface area contributed by atoms with Crippen molar-refractivity contribution < 1.29 is 0 Å². The van der Waals surface area contributed by atoms with Gasteiger partial charge in [-0.05, 0) is 30.9 Å². The molecule has 8 heteroatoms. The van der Waals surface area contributed by atoms with Crippen molar-refractivity contribution in [3.05, 3.63) is 30.2 Å². The van der Waals surface area contributed by atoms with Gasteiger partial charge in [-0.15, -0.1) is 10.2 Å². The summed E-state index contributed by atoms with van der Waals surface area (Å²) in [7, 11) is 0. The quantitative estimate of drug-likeness (QED) is 0.764.